The fourth-order valence-corrected chi connectivity index (χ4v) is 1.80. The quantitative estimate of drug-likeness (QED) is 0.608. The first-order valence-electron chi connectivity index (χ1n) is 6.51. The van der Waals surface area contributed by atoms with Gasteiger partial charge >= 0.3 is 12.0 Å². The van der Waals surface area contributed by atoms with Crippen LogP contribution in [0.15, 0.2) is 36.7 Å². The van der Waals surface area contributed by atoms with Gasteiger partial charge in [-0.2, -0.15) is 0 Å². The summed E-state index contributed by atoms with van der Waals surface area (Å²) in [5, 5.41) is 14.2. The average Bonchev–Trinajstić information content (AvgIpc) is 2.97. The van der Waals surface area contributed by atoms with Crippen LogP contribution in [0.3, 0.4) is 0 Å². The normalized spacial score (nSPS) is 10.1. The van der Waals surface area contributed by atoms with Crippen molar-refractivity contribution in [1.82, 2.24) is 15.3 Å². The van der Waals surface area contributed by atoms with Crippen LogP contribution in [0, 0.1) is 0 Å². The molecular formula is C14H16N4O3. The number of rotatable bonds is 6. The van der Waals surface area contributed by atoms with Crippen LogP contribution in [0.5, 0.6) is 0 Å². The van der Waals surface area contributed by atoms with Crippen molar-refractivity contribution in [3.8, 4) is 0 Å². The Hall–Kier alpha value is -2.83. The van der Waals surface area contributed by atoms with E-state index >= 15 is 0 Å². The van der Waals surface area contributed by atoms with E-state index in [1.165, 1.54) is 12.1 Å². The number of nitrogens with one attached hydrogen (secondary N) is 3. The van der Waals surface area contributed by atoms with E-state index in [1.807, 2.05) is 0 Å². The second-order valence-corrected chi connectivity index (χ2v) is 4.41. The predicted octanol–water partition coefficient (Wildman–Crippen LogP) is 1.86. The molecule has 7 nitrogen and oxygen atoms in total. The molecule has 0 fully saturated rings. The van der Waals surface area contributed by atoms with E-state index in [-0.39, 0.29) is 11.6 Å². The maximum Gasteiger partial charge on any atom is 0.335 e. The third-order valence-electron chi connectivity index (χ3n) is 2.80. The number of carboxylic acids is 1. The van der Waals surface area contributed by atoms with Gasteiger partial charge in [0.05, 0.1) is 5.56 Å². The molecule has 0 spiro atoms. The molecule has 0 atom stereocenters. The number of anilines is 1. The first-order valence-corrected chi connectivity index (χ1v) is 6.51. The molecule has 110 valence electrons. The number of aromatic amines is 1. The molecular weight excluding hydrogens is 272 g/mol. The molecule has 4 N–H and O–H groups in total. The van der Waals surface area contributed by atoms with Crippen molar-refractivity contribution in [2.75, 3.05) is 11.9 Å². The number of hydrogen-bond donors (Lipinski definition) is 4. The van der Waals surface area contributed by atoms with Crippen molar-refractivity contribution in [3.63, 3.8) is 0 Å². The monoisotopic (exact) mass is 288 g/mol. The minimum Gasteiger partial charge on any atom is -0.478 e. The Bertz CT molecular complexity index is 610. The highest BCUT2D eigenvalue weighted by Crippen LogP contribution is 2.10. The second kappa shape index (κ2) is 7.09. The van der Waals surface area contributed by atoms with Crippen LogP contribution in [0.4, 0.5) is 10.5 Å². The van der Waals surface area contributed by atoms with E-state index in [9.17, 15) is 9.59 Å². The molecule has 0 aliphatic rings. The number of carboxylic acid groups (broad SMARTS) is 1. The number of amides is 2. The second-order valence-electron chi connectivity index (χ2n) is 4.41. The lowest BCUT2D eigenvalue weighted by atomic mass is 10.2. The first kappa shape index (κ1) is 14.6. The molecule has 1 heterocycles. The Morgan fingerprint density at radius 1 is 1.33 bits per heavy atom. The third kappa shape index (κ3) is 4.64. The zero-order valence-electron chi connectivity index (χ0n) is 11.3. The van der Waals surface area contributed by atoms with Gasteiger partial charge in [-0.05, 0) is 24.6 Å². The topological polar surface area (TPSA) is 107 Å². The summed E-state index contributed by atoms with van der Waals surface area (Å²) in [4.78, 5) is 29.6. The van der Waals surface area contributed by atoms with Gasteiger partial charge < -0.3 is 20.7 Å². The number of imidazole rings is 1. The smallest absolute Gasteiger partial charge is 0.335 e. The maximum absolute atomic E-state index is 11.7. The maximum atomic E-state index is 11.7. The molecule has 21 heavy (non-hydrogen) atoms. The molecule has 0 aliphatic heterocycles. The fourth-order valence-electron chi connectivity index (χ4n) is 1.80. The Morgan fingerprint density at radius 2 is 2.19 bits per heavy atom. The number of urea groups is 1. The van der Waals surface area contributed by atoms with Gasteiger partial charge in [-0.3, -0.25) is 0 Å². The van der Waals surface area contributed by atoms with E-state index in [1.54, 1.807) is 24.5 Å². The van der Waals surface area contributed by atoms with Crippen LogP contribution in [0.2, 0.25) is 0 Å². The summed E-state index contributed by atoms with van der Waals surface area (Å²) in [6, 6.07) is 5.72. The number of aryl methyl sites for hydroxylation is 1. The van der Waals surface area contributed by atoms with Gasteiger partial charge in [0.2, 0.25) is 0 Å². The Morgan fingerprint density at radius 3 is 2.90 bits per heavy atom. The highest BCUT2D eigenvalue weighted by Gasteiger charge is 2.05. The van der Waals surface area contributed by atoms with Gasteiger partial charge in [0.1, 0.15) is 5.82 Å². The summed E-state index contributed by atoms with van der Waals surface area (Å²) < 4.78 is 0. The minimum atomic E-state index is -1.03. The number of nitrogens with zero attached hydrogens (tertiary/aromatic N) is 1. The zero-order chi connectivity index (χ0) is 15.1. The van der Waals surface area contributed by atoms with E-state index in [4.69, 9.17) is 5.11 Å². The largest absolute Gasteiger partial charge is 0.478 e. The van der Waals surface area contributed by atoms with Crippen LogP contribution in [0.1, 0.15) is 22.6 Å². The summed E-state index contributed by atoms with van der Waals surface area (Å²) in [5.41, 5.74) is 0.573. The minimum absolute atomic E-state index is 0.130. The Kier molecular flexibility index (Phi) is 4.92. The molecule has 0 radical (unpaired) electrons. The van der Waals surface area contributed by atoms with E-state index < -0.39 is 5.97 Å². The third-order valence-corrected chi connectivity index (χ3v) is 2.80. The molecule has 0 aliphatic carbocycles. The van der Waals surface area contributed by atoms with E-state index in [0.29, 0.717) is 12.2 Å². The lowest BCUT2D eigenvalue weighted by Gasteiger charge is -2.07. The number of aromatic nitrogens is 2. The van der Waals surface area contributed by atoms with Crippen molar-refractivity contribution < 1.29 is 14.7 Å². The summed E-state index contributed by atoms with van der Waals surface area (Å²) in [7, 11) is 0. The van der Waals surface area contributed by atoms with Gasteiger partial charge in [-0.25, -0.2) is 14.6 Å². The van der Waals surface area contributed by atoms with Crippen LogP contribution in [0.25, 0.3) is 0 Å². The lowest BCUT2D eigenvalue weighted by molar-refractivity contribution is 0.0697. The van der Waals surface area contributed by atoms with Gasteiger partial charge in [-0.1, -0.05) is 6.07 Å². The summed E-state index contributed by atoms with van der Waals surface area (Å²) in [6.45, 7) is 0.505. The number of carbonyl (C=O) groups excluding carboxylic acids is 1. The summed E-state index contributed by atoms with van der Waals surface area (Å²) in [6.07, 6.45) is 4.95. The Labute approximate surface area is 121 Å². The lowest BCUT2D eigenvalue weighted by Crippen LogP contribution is -2.29. The predicted molar refractivity (Wildman–Crippen MR) is 77.3 cm³/mol. The SMILES string of the molecule is O=C(NCCCc1ncc[nH]1)Nc1cccc(C(=O)O)c1. The molecule has 2 rings (SSSR count). The van der Waals surface area contributed by atoms with Gasteiger partial charge in [0, 0.05) is 31.0 Å². The average molecular weight is 288 g/mol. The number of carbonyl (C=O) groups is 2. The standard InChI is InChI=1S/C14H16N4O3/c19-13(20)10-3-1-4-11(9-10)18-14(21)17-6-2-5-12-15-7-8-16-12/h1,3-4,7-9H,2,5-6H2,(H,15,16)(H,19,20)(H2,17,18,21). The molecule has 7 heteroatoms. The molecule has 2 amide bonds. The van der Waals surface area contributed by atoms with Crippen molar-refractivity contribution >= 4 is 17.7 Å². The molecule has 1 aromatic heterocycles. The molecule has 0 bridgehead atoms. The van der Waals surface area contributed by atoms with Gasteiger partial charge in [0.15, 0.2) is 0 Å². The van der Waals surface area contributed by atoms with Crippen LogP contribution >= 0.6 is 0 Å². The molecule has 2 aromatic rings. The van der Waals surface area contributed by atoms with Crippen molar-refractivity contribution in [3.05, 3.63) is 48.0 Å². The molecule has 1 aromatic carbocycles. The highest BCUT2D eigenvalue weighted by molar-refractivity contribution is 5.93. The molecule has 0 unspecified atom stereocenters. The summed E-state index contributed by atoms with van der Waals surface area (Å²) >= 11 is 0. The van der Waals surface area contributed by atoms with E-state index in [0.717, 1.165) is 18.7 Å². The Balaban J connectivity index is 1.74. The zero-order valence-corrected chi connectivity index (χ0v) is 11.3. The van der Waals surface area contributed by atoms with Crippen LogP contribution in [-0.4, -0.2) is 33.6 Å². The van der Waals surface area contributed by atoms with Crippen molar-refractivity contribution in [2.45, 2.75) is 12.8 Å². The fraction of sp³-hybridized carbons (Fsp3) is 0.214. The number of H-pyrrole nitrogens is 1. The number of benzene rings is 1. The van der Waals surface area contributed by atoms with Crippen LogP contribution < -0.4 is 10.6 Å². The first-order chi connectivity index (χ1) is 10.1. The number of aromatic carboxylic acids is 1. The number of hydrogen-bond acceptors (Lipinski definition) is 3. The van der Waals surface area contributed by atoms with Crippen molar-refractivity contribution in [2.24, 2.45) is 0 Å². The molecule has 0 saturated heterocycles. The van der Waals surface area contributed by atoms with Crippen molar-refractivity contribution in [1.29, 1.82) is 0 Å². The highest BCUT2D eigenvalue weighted by atomic mass is 16.4. The van der Waals surface area contributed by atoms with Crippen LogP contribution in [-0.2, 0) is 6.42 Å². The van der Waals surface area contributed by atoms with E-state index in [2.05, 4.69) is 20.6 Å². The summed E-state index contributed by atoms with van der Waals surface area (Å²) in [5.74, 6) is -0.149. The molecule has 0 saturated carbocycles. The van der Waals surface area contributed by atoms with Gasteiger partial charge in [-0.15, -0.1) is 0 Å². The van der Waals surface area contributed by atoms with Gasteiger partial charge in [0.25, 0.3) is 0 Å².